The average molecular weight is 228 g/mol. The second kappa shape index (κ2) is 5.12. The van der Waals surface area contributed by atoms with Gasteiger partial charge in [-0.15, -0.1) is 0 Å². The highest BCUT2D eigenvalue weighted by Gasteiger charge is 2.07. The van der Waals surface area contributed by atoms with Gasteiger partial charge in [0.05, 0.1) is 30.9 Å². The molecule has 0 saturated heterocycles. The molecule has 0 atom stereocenters. The minimum absolute atomic E-state index is 0.1000. The van der Waals surface area contributed by atoms with E-state index in [9.17, 15) is 4.79 Å². The van der Waals surface area contributed by atoms with Gasteiger partial charge in [0.25, 0.3) is 0 Å². The molecule has 0 aliphatic heterocycles. The van der Waals surface area contributed by atoms with Crippen LogP contribution in [0.15, 0.2) is 42.9 Å². The molecule has 2 aromatic rings. The number of nitrogens with one attached hydrogen (secondary N) is 1. The molecule has 1 N–H and O–H groups in total. The fourth-order valence-corrected chi connectivity index (χ4v) is 1.46. The standard InChI is InChI=1S/C13H12N2O2/c1-17-13-5-3-2-4-11(13)12(16)7-6-10-8-14-9-15-10/h2-9H,1H3,(H,14,15)/b7-6+. The third kappa shape index (κ3) is 2.60. The van der Waals surface area contributed by atoms with Crippen LogP contribution in [0.4, 0.5) is 0 Å². The van der Waals surface area contributed by atoms with E-state index in [0.717, 1.165) is 5.69 Å². The Morgan fingerprint density at radius 1 is 1.41 bits per heavy atom. The lowest BCUT2D eigenvalue weighted by atomic mass is 10.1. The first-order valence-corrected chi connectivity index (χ1v) is 5.15. The normalized spacial score (nSPS) is 10.6. The fourth-order valence-electron chi connectivity index (χ4n) is 1.46. The van der Waals surface area contributed by atoms with Crippen molar-refractivity contribution < 1.29 is 9.53 Å². The predicted molar refractivity (Wildman–Crippen MR) is 64.9 cm³/mol. The van der Waals surface area contributed by atoms with Crippen molar-refractivity contribution in [1.29, 1.82) is 0 Å². The first-order valence-electron chi connectivity index (χ1n) is 5.15. The lowest BCUT2D eigenvalue weighted by molar-refractivity contribution is 0.104. The van der Waals surface area contributed by atoms with Gasteiger partial charge >= 0.3 is 0 Å². The van der Waals surface area contributed by atoms with E-state index >= 15 is 0 Å². The van der Waals surface area contributed by atoms with Crippen molar-refractivity contribution in [1.82, 2.24) is 9.97 Å². The molecule has 0 aliphatic carbocycles. The van der Waals surface area contributed by atoms with Crippen molar-refractivity contribution in [3.05, 3.63) is 54.1 Å². The zero-order valence-corrected chi connectivity index (χ0v) is 9.38. The van der Waals surface area contributed by atoms with Crippen molar-refractivity contribution in [2.24, 2.45) is 0 Å². The van der Waals surface area contributed by atoms with Gasteiger partial charge < -0.3 is 9.72 Å². The molecule has 0 fully saturated rings. The van der Waals surface area contributed by atoms with Crippen LogP contribution in [0.1, 0.15) is 16.1 Å². The number of benzene rings is 1. The molecule has 0 aliphatic rings. The first-order chi connectivity index (χ1) is 8.31. The van der Waals surface area contributed by atoms with Crippen molar-refractivity contribution in [2.75, 3.05) is 7.11 Å². The molecule has 4 heteroatoms. The van der Waals surface area contributed by atoms with Crippen LogP contribution in [0.3, 0.4) is 0 Å². The Kier molecular flexibility index (Phi) is 3.35. The Morgan fingerprint density at radius 3 is 2.94 bits per heavy atom. The van der Waals surface area contributed by atoms with E-state index in [-0.39, 0.29) is 5.78 Å². The number of methoxy groups -OCH3 is 1. The highest BCUT2D eigenvalue weighted by atomic mass is 16.5. The Balaban J connectivity index is 2.20. The summed E-state index contributed by atoms with van der Waals surface area (Å²) in [6.07, 6.45) is 6.38. The van der Waals surface area contributed by atoms with Crippen LogP contribution in [-0.4, -0.2) is 22.9 Å². The van der Waals surface area contributed by atoms with E-state index in [4.69, 9.17) is 4.74 Å². The van der Waals surface area contributed by atoms with E-state index in [2.05, 4.69) is 9.97 Å². The summed E-state index contributed by atoms with van der Waals surface area (Å²) in [5, 5.41) is 0. The van der Waals surface area contributed by atoms with Crippen molar-refractivity contribution in [3.8, 4) is 5.75 Å². The maximum absolute atomic E-state index is 11.9. The third-order valence-corrected chi connectivity index (χ3v) is 2.31. The SMILES string of the molecule is COc1ccccc1C(=O)/C=C/c1cnc[nH]1. The second-order valence-electron chi connectivity index (χ2n) is 3.40. The third-order valence-electron chi connectivity index (χ3n) is 2.31. The van der Waals surface area contributed by atoms with Gasteiger partial charge in [-0.3, -0.25) is 4.79 Å². The second-order valence-corrected chi connectivity index (χ2v) is 3.40. The Hall–Kier alpha value is -2.36. The summed E-state index contributed by atoms with van der Waals surface area (Å²) < 4.78 is 5.13. The molecule has 1 aromatic heterocycles. The van der Waals surface area contributed by atoms with Crippen molar-refractivity contribution >= 4 is 11.9 Å². The van der Waals surface area contributed by atoms with E-state index in [0.29, 0.717) is 11.3 Å². The van der Waals surface area contributed by atoms with Gasteiger partial charge in [-0.25, -0.2) is 4.98 Å². The number of aromatic nitrogens is 2. The summed E-state index contributed by atoms with van der Waals surface area (Å²) >= 11 is 0. The summed E-state index contributed by atoms with van der Waals surface area (Å²) in [6.45, 7) is 0. The van der Waals surface area contributed by atoms with Gasteiger partial charge in [0, 0.05) is 0 Å². The topological polar surface area (TPSA) is 55.0 Å². The molecular formula is C13H12N2O2. The summed E-state index contributed by atoms with van der Waals surface area (Å²) in [4.78, 5) is 18.7. The van der Waals surface area contributed by atoms with Gasteiger partial charge in [-0.05, 0) is 24.3 Å². The Bertz CT molecular complexity index is 530. The molecule has 0 unspecified atom stereocenters. The number of allylic oxidation sites excluding steroid dienone is 1. The van der Waals surface area contributed by atoms with Gasteiger partial charge in [-0.1, -0.05) is 12.1 Å². The van der Waals surface area contributed by atoms with Crippen LogP contribution >= 0.6 is 0 Å². The number of carbonyl (C=O) groups excluding carboxylic acids is 1. The molecule has 0 saturated carbocycles. The summed E-state index contributed by atoms with van der Waals surface area (Å²) in [5.41, 5.74) is 1.33. The summed E-state index contributed by atoms with van der Waals surface area (Å²) in [7, 11) is 1.55. The minimum atomic E-state index is -0.1000. The number of aromatic amines is 1. The molecule has 0 radical (unpaired) electrons. The quantitative estimate of drug-likeness (QED) is 0.645. The van der Waals surface area contributed by atoms with E-state index in [1.807, 2.05) is 6.07 Å². The smallest absolute Gasteiger partial charge is 0.189 e. The van der Waals surface area contributed by atoms with E-state index in [1.54, 1.807) is 43.9 Å². The maximum Gasteiger partial charge on any atom is 0.189 e. The number of ketones is 1. The lowest BCUT2D eigenvalue weighted by Crippen LogP contribution is -1.98. The molecule has 2 rings (SSSR count). The zero-order chi connectivity index (χ0) is 12.1. The van der Waals surface area contributed by atoms with Crippen molar-refractivity contribution in [2.45, 2.75) is 0 Å². The highest BCUT2D eigenvalue weighted by Crippen LogP contribution is 2.18. The summed E-state index contributed by atoms with van der Waals surface area (Å²) in [5.74, 6) is 0.476. The van der Waals surface area contributed by atoms with Crippen LogP contribution in [-0.2, 0) is 0 Å². The number of rotatable bonds is 4. The predicted octanol–water partition coefficient (Wildman–Crippen LogP) is 2.31. The first kappa shape index (κ1) is 11.1. The Labute approximate surface area is 99.0 Å². The highest BCUT2D eigenvalue weighted by molar-refractivity contribution is 6.08. The van der Waals surface area contributed by atoms with Crippen LogP contribution < -0.4 is 4.74 Å². The van der Waals surface area contributed by atoms with E-state index < -0.39 is 0 Å². The fraction of sp³-hybridized carbons (Fsp3) is 0.0769. The number of para-hydroxylation sites is 1. The minimum Gasteiger partial charge on any atom is -0.496 e. The molecule has 1 heterocycles. The lowest BCUT2D eigenvalue weighted by Gasteiger charge is -2.03. The van der Waals surface area contributed by atoms with E-state index in [1.165, 1.54) is 6.08 Å². The number of carbonyl (C=O) groups is 1. The molecular weight excluding hydrogens is 216 g/mol. The van der Waals surface area contributed by atoms with Crippen LogP contribution in [0.25, 0.3) is 6.08 Å². The molecule has 0 spiro atoms. The van der Waals surface area contributed by atoms with Gasteiger partial charge in [0.1, 0.15) is 5.75 Å². The van der Waals surface area contributed by atoms with Crippen LogP contribution in [0.2, 0.25) is 0 Å². The van der Waals surface area contributed by atoms with Gasteiger partial charge in [-0.2, -0.15) is 0 Å². The molecule has 0 amide bonds. The maximum atomic E-state index is 11.9. The molecule has 4 nitrogen and oxygen atoms in total. The number of hydrogen-bond acceptors (Lipinski definition) is 3. The Morgan fingerprint density at radius 2 is 2.24 bits per heavy atom. The van der Waals surface area contributed by atoms with Crippen molar-refractivity contribution in [3.63, 3.8) is 0 Å². The van der Waals surface area contributed by atoms with Gasteiger partial charge in [0.15, 0.2) is 5.78 Å². The number of nitrogens with zero attached hydrogens (tertiary/aromatic N) is 1. The average Bonchev–Trinajstić information content (AvgIpc) is 2.89. The van der Waals surface area contributed by atoms with Crippen LogP contribution in [0.5, 0.6) is 5.75 Å². The number of hydrogen-bond donors (Lipinski definition) is 1. The molecule has 86 valence electrons. The molecule has 1 aromatic carbocycles. The largest absolute Gasteiger partial charge is 0.496 e. The monoisotopic (exact) mass is 228 g/mol. The molecule has 0 bridgehead atoms. The molecule has 17 heavy (non-hydrogen) atoms. The summed E-state index contributed by atoms with van der Waals surface area (Å²) in [6, 6.07) is 7.13. The number of ether oxygens (including phenoxy) is 1. The van der Waals surface area contributed by atoms with Gasteiger partial charge in [0.2, 0.25) is 0 Å². The van der Waals surface area contributed by atoms with Crippen LogP contribution in [0, 0.1) is 0 Å². The number of imidazole rings is 1. The zero-order valence-electron chi connectivity index (χ0n) is 9.38. The number of H-pyrrole nitrogens is 1.